The molecule has 0 spiro atoms. The van der Waals surface area contributed by atoms with Gasteiger partial charge in [0.2, 0.25) is 0 Å². The summed E-state index contributed by atoms with van der Waals surface area (Å²) in [7, 11) is 0. The largest absolute Gasteiger partial charge is 0.480 e. The van der Waals surface area contributed by atoms with Crippen molar-refractivity contribution >= 4 is 12.1 Å². The molecule has 5 rings (SSSR count). The van der Waals surface area contributed by atoms with Crippen LogP contribution in [-0.4, -0.2) is 41.9 Å². The molecule has 4 aromatic rings. The van der Waals surface area contributed by atoms with Gasteiger partial charge in [-0.15, -0.1) is 0 Å². The molecule has 0 saturated heterocycles. The number of fused-ring (bicyclic) bond motifs is 3. The van der Waals surface area contributed by atoms with E-state index in [1.54, 1.807) is 0 Å². The third-order valence-corrected chi connectivity index (χ3v) is 6.73. The fourth-order valence-electron chi connectivity index (χ4n) is 5.07. The molecule has 4 aromatic carbocycles. The lowest BCUT2D eigenvalue weighted by atomic mass is 9.91. The van der Waals surface area contributed by atoms with Crippen LogP contribution in [0.25, 0.3) is 11.1 Å². The summed E-state index contributed by atoms with van der Waals surface area (Å²) < 4.78 is 5.66. The highest BCUT2D eigenvalue weighted by molar-refractivity contribution is 5.79. The summed E-state index contributed by atoms with van der Waals surface area (Å²) in [4.78, 5) is 24.6. The van der Waals surface area contributed by atoms with Crippen molar-refractivity contribution in [2.45, 2.75) is 11.8 Å². The van der Waals surface area contributed by atoms with Crippen molar-refractivity contribution in [3.8, 4) is 11.1 Å². The topological polar surface area (TPSA) is 78.9 Å². The average molecular weight is 493 g/mol. The number of hydrogen-bond donors (Lipinski definition) is 2. The van der Waals surface area contributed by atoms with Crippen molar-refractivity contribution in [3.63, 3.8) is 0 Å². The van der Waals surface area contributed by atoms with Crippen molar-refractivity contribution in [2.75, 3.05) is 19.7 Å². The van der Waals surface area contributed by atoms with Crippen LogP contribution < -0.4 is 5.43 Å². The summed E-state index contributed by atoms with van der Waals surface area (Å²) in [6.45, 7) is 0.0620. The second-order valence-electron chi connectivity index (χ2n) is 9.09. The van der Waals surface area contributed by atoms with E-state index in [0.29, 0.717) is 0 Å². The molecule has 0 radical (unpaired) electrons. The third-order valence-electron chi connectivity index (χ3n) is 6.73. The van der Waals surface area contributed by atoms with Crippen LogP contribution in [0.3, 0.4) is 0 Å². The van der Waals surface area contributed by atoms with E-state index in [4.69, 9.17) is 4.74 Å². The smallest absolute Gasteiger partial charge is 0.421 e. The number of nitrogens with zero attached hydrogens (tertiary/aromatic N) is 1. The predicted octanol–water partition coefficient (Wildman–Crippen LogP) is 5.66. The lowest BCUT2D eigenvalue weighted by molar-refractivity contribution is -0.139. The lowest BCUT2D eigenvalue weighted by Crippen LogP contribution is -2.47. The number of rotatable bonds is 9. The summed E-state index contributed by atoms with van der Waals surface area (Å²) in [6, 6.07) is 36.0. The number of hydrazine groups is 1. The molecular formula is C31H28N2O4. The van der Waals surface area contributed by atoms with Crippen LogP contribution in [0.2, 0.25) is 0 Å². The number of carboxylic acid groups (broad SMARTS) is 1. The Kier molecular flexibility index (Phi) is 7.28. The second-order valence-corrected chi connectivity index (χ2v) is 9.09. The number of carbonyl (C=O) groups excluding carboxylic acids is 1. The van der Waals surface area contributed by atoms with Gasteiger partial charge in [0.15, 0.2) is 0 Å². The number of carbonyl (C=O) groups is 2. The van der Waals surface area contributed by atoms with Crippen molar-refractivity contribution in [1.29, 1.82) is 0 Å². The second kappa shape index (κ2) is 11.1. The van der Waals surface area contributed by atoms with E-state index < -0.39 is 12.1 Å². The van der Waals surface area contributed by atoms with Gasteiger partial charge in [-0.3, -0.25) is 10.2 Å². The number of benzene rings is 4. The van der Waals surface area contributed by atoms with Gasteiger partial charge in [0.1, 0.15) is 13.2 Å². The highest BCUT2D eigenvalue weighted by Crippen LogP contribution is 2.44. The van der Waals surface area contributed by atoms with Crippen LogP contribution in [0, 0.1) is 0 Å². The molecule has 0 fully saturated rings. The standard InChI is InChI=1S/C31H28N2O4/c34-30(35)20-33(19-28(22-11-3-1-4-12-22)23-13-5-2-6-14-23)32-31(36)37-21-29-26-17-9-7-15-24(26)25-16-8-10-18-27(25)29/h1-18,28-29H,19-21H2,(H,32,36)(H,34,35). The van der Waals surface area contributed by atoms with Crippen molar-refractivity contribution in [2.24, 2.45) is 0 Å². The highest BCUT2D eigenvalue weighted by atomic mass is 16.6. The van der Waals surface area contributed by atoms with Gasteiger partial charge in [-0.25, -0.2) is 9.80 Å². The molecular weight excluding hydrogens is 464 g/mol. The molecule has 37 heavy (non-hydrogen) atoms. The maximum atomic E-state index is 12.9. The first kappa shape index (κ1) is 24.3. The average Bonchev–Trinajstić information content (AvgIpc) is 3.25. The Balaban J connectivity index is 1.31. The zero-order chi connectivity index (χ0) is 25.6. The molecule has 0 unspecified atom stereocenters. The minimum Gasteiger partial charge on any atom is -0.480 e. The van der Waals surface area contributed by atoms with Gasteiger partial charge in [0, 0.05) is 18.4 Å². The van der Waals surface area contributed by atoms with Gasteiger partial charge in [0.25, 0.3) is 0 Å². The maximum absolute atomic E-state index is 12.9. The van der Waals surface area contributed by atoms with Crippen molar-refractivity contribution in [1.82, 2.24) is 10.4 Å². The van der Waals surface area contributed by atoms with E-state index in [2.05, 4.69) is 29.7 Å². The van der Waals surface area contributed by atoms with Gasteiger partial charge in [0.05, 0.1) is 0 Å². The SMILES string of the molecule is O=C(O)CN(CC(c1ccccc1)c1ccccc1)NC(=O)OCC1c2ccccc2-c2ccccc21. The van der Waals surface area contributed by atoms with Crippen LogP contribution in [0.4, 0.5) is 4.79 Å². The van der Waals surface area contributed by atoms with E-state index in [0.717, 1.165) is 33.4 Å². The molecule has 0 aromatic heterocycles. The van der Waals surface area contributed by atoms with Gasteiger partial charge in [-0.05, 0) is 33.4 Å². The molecule has 2 N–H and O–H groups in total. The fourth-order valence-corrected chi connectivity index (χ4v) is 5.07. The summed E-state index contributed by atoms with van der Waals surface area (Å²) in [5.74, 6) is -1.26. The van der Waals surface area contributed by atoms with Gasteiger partial charge in [-0.1, -0.05) is 109 Å². The van der Waals surface area contributed by atoms with Crippen LogP contribution in [-0.2, 0) is 9.53 Å². The molecule has 6 heteroatoms. The lowest BCUT2D eigenvalue weighted by Gasteiger charge is -2.27. The Bertz CT molecular complexity index is 1290. The zero-order valence-electron chi connectivity index (χ0n) is 20.3. The molecule has 0 heterocycles. The quantitative estimate of drug-likeness (QED) is 0.295. The van der Waals surface area contributed by atoms with Crippen molar-refractivity contribution < 1.29 is 19.4 Å². The summed E-state index contributed by atoms with van der Waals surface area (Å²) in [6.07, 6.45) is -0.678. The predicted molar refractivity (Wildman–Crippen MR) is 142 cm³/mol. The Morgan fingerprint density at radius 1 is 0.757 bits per heavy atom. The number of nitrogens with one attached hydrogen (secondary N) is 1. The van der Waals surface area contributed by atoms with E-state index in [1.807, 2.05) is 84.9 Å². The minimum atomic E-state index is -1.04. The van der Waals surface area contributed by atoms with E-state index in [1.165, 1.54) is 5.01 Å². The number of aliphatic carboxylic acids is 1. The van der Waals surface area contributed by atoms with Crippen LogP contribution in [0.5, 0.6) is 0 Å². The Hall–Kier alpha value is -4.42. The Morgan fingerprint density at radius 2 is 1.24 bits per heavy atom. The molecule has 6 nitrogen and oxygen atoms in total. The first-order chi connectivity index (χ1) is 18.1. The third kappa shape index (κ3) is 5.55. The first-order valence-corrected chi connectivity index (χ1v) is 12.3. The van der Waals surface area contributed by atoms with E-state index in [9.17, 15) is 14.7 Å². The summed E-state index contributed by atoms with van der Waals surface area (Å²) in [5.41, 5.74) is 9.26. The van der Waals surface area contributed by atoms with Crippen LogP contribution in [0.15, 0.2) is 109 Å². The number of ether oxygens (including phenoxy) is 1. The molecule has 0 bridgehead atoms. The molecule has 0 atom stereocenters. The van der Waals surface area contributed by atoms with Gasteiger partial charge in [-0.2, -0.15) is 0 Å². The zero-order valence-corrected chi connectivity index (χ0v) is 20.3. The molecule has 1 aliphatic carbocycles. The number of amides is 1. The van der Waals surface area contributed by atoms with Crippen LogP contribution in [0.1, 0.15) is 34.1 Å². The molecule has 186 valence electrons. The van der Waals surface area contributed by atoms with Crippen molar-refractivity contribution in [3.05, 3.63) is 131 Å². The normalized spacial score (nSPS) is 12.3. The van der Waals surface area contributed by atoms with E-state index in [-0.39, 0.29) is 31.5 Å². The highest BCUT2D eigenvalue weighted by Gasteiger charge is 2.29. The fraction of sp³-hybridized carbons (Fsp3) is 0.161. The van der Waals surface area contributed by atoms with Gasteiger partial charge >= 0.3 is 12.1 Å². The summed E-state index contributed by atoms with van der Waals surface area (Å²) >= 11 is 0. The number of carboxylic acids is 1. The van der Waals surface area contributed by atoms with E-state index >= 15 is 0 Å². The van der Waals surface area contributed by atoms with Crippen LogP contribution >= 0.6 is 0 Å². The number of hydrogen-bond acceptors (Lipinski definition) is 4. The molecule has 1 aliphatic rings. The van der Waals surface area contributed by atoms with Gasteiger partial charge < -0.3 is 9.84 Å². The monoisotopic (exact) mass is 492 g/mol. The summed E-state index contributed by atoms with van der Waals surface area (Å²) in [5, 5.41) is 10.9. The molecule has 1 amide bonds. The Morgan fingerprint density at radius 3 is 1.76 bits per heavy atom. The maximum Gasteiger partial charge on any atom is 0.421 e. The molecule has 0 saturated carbocycles. The molecule has 0 aliphatic heterocycles. The minimum absolute atomic E-state index is 0.0764. The first-order valence-electron chi connectivity index (χ1n) is 12.3. The Labute approximate surface area is 216 Å².